The molecule has 0 radical (unpaired) electrons. The summed E-state index contributed by atoms with van der Waals surface area (Å²) in [7, 11) is 0.653. The van der Waals surface area contributed by atoms with E-state index in [0.717, 1.165) is 25.9 Å². The highest BCUT2D eigenvalue weighted by atomic mass is 35.5. The number of sulfonamides is 1. The lowest BCUT2D eigenvalue weighted by molar-refractivity contribution is 0.197. The van der Waals surface area contributed by atoms with Crippen LogP contribution < -0.4 is 0 Å². The Morgan fingerprint density at radius 3 is 2.44 bits per heavy atom. The molecule has 1 fully saturated rings. The van der Waals surface area contributed by atoms with E-state index < -0.39 is 10.0 Å². The third kappa shape index (κ3) is 3.87. The molecule has 1 rings (SSSR count). The van der Waals surface area contributed by atoms with E-state index >= 15 is 0 Å². The Morgan fingerprint density at radius 1 is 1.38 bits per heavy atom. The first-order valence-corrected chi connectivity index (χ1v) is 7.82. The Balaban J connectivity index is 2.52. The van der Waals surface area contributed by atoms with Gasteiger partial charge in [0.2, 0.25) is 10.0 Å². The smallest absolute Gasteiger partial charge is 0.214 e. The van der Waals surface area contributed by atoms with Gasteiger partial charge in [-0.05, 0) is 39.4 Å². The molecule has 0 saturated carbocycles. The van der Waals surface area contributed by atoms with Gasteiger partial charge in [-0.15, -0.1) is 11.6 Å². The first kappa shape index (κ1) is 14.2. The largest absolute Gasteiger partial charge is 0.306 e. The average Bonchev–Trinajstić information content (AvgIpc) is 2.26. The standard InChI is InChI=1S/C10H21ClN2O2S/c1-12-7-4-10(5-8-12)13(2)16(14,15)9-3-6-11/h10H,3-9H2,1-2H3. The summed E-state index contributed by atoms with van der Waals surface area (Å²) in [6.45, 7) is 1.94. The number of hydrogen-bond acceptors (Lipinski definition) is 3. The molecule has 16 heavy (non-hydrogen) atoms. The van der Waals surface area contributed by atoms with Crippen LogP contribution in [0.5, 0.6) is 0 Å². The van der Waals surface area contributed by atoms with E-state index in [2.05, 4.69) is 11.9 Å². The molecule has 1 heterocycles. The molecular formula is C10H21ClN2O2S. The van der Waals surface area contributed by atoms with Crippen molar-refractivity contribution in [1.82, 2.24) is 9.21 Å². The van der Waals surface area contributed by atoms with Crippen molar-refractivity contribution in [3.63, 3.8) is 0 Å². The van der Waals surface area contributed by atoms with E-state index in [-0.39, 0.29) is 11.8 Å². The van der Waals surface area contributed by atoms with Crippen LogP contribution in [0, 0.1) is 0 Å². The maximum Gasteiger partial charge on any atom is 0.214 e. The van der Waals surface area contributed by atoms with Gasteiger partial charge >= 0.3 is 0 Å². The van der Waals surface area contributed by atoms with Crippen molar-refractivity contribution in [3.05, 3.63) is 0 Å². The second kappa shape index (κ2) is 6.19. The lowest BCUT2D eigenvalue weighted by Gasteiger charge is -2.34. The highest BCUT2D eigenvalue weighted by molar-refractivity contribution is 7.89. The van der Waals surface area contributed by atoms with Crippen LogP contribution in [0.15, 0.2) is 0 Å². The second-order valence-corrected chi connectivity index (χ2v) is 6.94. The van der Waals surface area contributed by atoms with Gasteiger partial charge < -0.3 is 4.90 Å². The molecule has 0 unspecified atom stereocenters. The number of halogens is 1. The molecule has 0 aromatic rings. The average molecular weight is 269 g/mol. The van der Waals surface area contributed by atoms with E-state index in [1.54, 1.807) is 11.4 Å². The Morgan fingerprint density at radius 2 is 1.94 bits per heavy atom. The van der Waals surface area contributed by atoms with Crippen molar-refractivity contribution >= 4 is 21.6 Å². The van der Waals surface area contributed by atoms with Crippen LogP contribution in [0.2, 0.25) is 0 Å². The van der Waals surface area contributed by atoms with Crippen LogP contribution in [-0.2, 0) is 10.0 Å². The summed E-state index contributed by atoms with van der Waals surface area (Å²) in [5.41, 5.74) is 0. The van der Waals surface area contributed by atoms with Crippen LogP contribution in [0.25, 0.3) is 0 Å². The summed E-state index contributed by atoms with van der Waals surface area (Å²) in [6, 6.07) is 0.163. The highest BCUT2D eigenvalue weighted by Gasteiger charge is 2.28. The molecule has 1 aliphatic heterocycles. The van der Waals surface area contributed by atoms with Crippen LogP contribution in [-0.4, -0.2) is 62.5 Å². The third-order valence-corrected chi connectivity index (χ3v) is 5.42. The molecule has 0 bridgehead atoms. The minimum atomic E-state index is -3.11. The molecule has 96 valence electrons. The monoisotopic (exact) mass is 268 g/mol. The molecule has 0 N–H and O–H groups in total. The number of alkyl halides is 1. The maximum atomic E-state index is 11.9. The summed E-state index contributed by atoms with van der Waals surface area (Å²) < 4.78 is 25.4. The van der Waals surface area contributed by atoms with Gasteiger partial charge in [0.25, 0.3) is 0 Å². The fourth-order valence-electron chi connectivity index (χ4n) is 1.97. The van der Waals surface area contributed by atoms with Crippen molar-refractivity contribution in [2.24, 2.45) is 0 Å². The number of hydrogen-bond donors (Lipinski definition) is 0. The zero-order valence-electron chi connectivity index (χ0n) is 10.0. The molecule has 0 aliphatic carbocycles. The predicted molar refractivity (Wildman–Crippen MR) is 67.4 cm³/mol. The first-order valence-electron chi connectivity index (χ1n) is 5.67. The van der Waals surface area contributed by atoms with Gasteiger partial charge in [0.05, 0.1) is 5.75 Å². The van der Waals surface area contributed by atoms with Gasteiger partial charge in [0.15, 0.2) is 0 Å². The Hall–Kier alpha value is 0.160. The molecule has 0 atom stereocenters. The quantitative estimate of drug-likeness (QED) is 0.698. The third-order valence-electron chi connectivity index (χ3n) is 3.18. The second-order valence-electron chi connectivity index (χ2n) is 4.41. The van der Waals surface area contributed by atoms with Crippen molar-refractivity contribution in [2.45, 2.75) is 25.3 Å². The molecule has 1 saturated heterocycles. The number of nitrogens with zero attached hydrogens (tertiary/aromatic N) is 2. The minimum absolute atomic E-state index is 0.163. The van der Waals surface area contributed by atoms with Crippen LogP contribution in [0.3, 0.4) is 0 Å². The van der Waals surface area contributed by atoms with Crippen LogP contribution in [0.4, 0.5) is 0 Å². The lowest BCUT2D eigenvalue weighted by atomic mass is 10.1. The van der Waals surface area contributed by atoms with Crippen molar-refractivity contribution in [1.29, 1.82) is 0 Å². The van der Waals surface area contributed by atoms with Gasteiger partial charge in [0, 0.05) is 19.0 Å². The summed E-state index contributed by atoms with van der Waals surface area (Å²) in [6.07, 6.45) is 2.38. The molecule has 0 aromatic carbocycles. The van der Waals surface area contributed by atoms with Crippen LogP contribution in [0.1, 0.15) is 19.3 Å². The van der Waals surface area contributed by atoms with Crippen LogP contribution >= 0.6 is 11.6 Å². The SMILES string of the molecule is CN1CCC(N(C)S(=O)(=O)CCCCl)CC1. The van der Waals surface area contributed by atoms with Gasteiger partial charge in [-0.3, -0.25) is 0 Å². The lowest BCUT2D eigenvalue weighted by Crippen LogP contribution is -2.45. The fraction of sp³-hybridized carbons (Fsp3) is 1.00. The zero-order valence-corrected chi connectivity index (χ0v) is 11.6. The Bertz CT molecular complexity index is 300. The van der Waals surface area contributed by atoms with E-state index in [4.69, 9.17) is 11.6 Å². The van der Waals surface area contributed by atoms with Gasteiger partial charge in [-0.25, -0.2) is 12.7 Å². The molecule has 1 aliphatic rings. The molecule has 0 aromatic heterocycles. The topological polar surface area (TPSA) is 40.6 Å². The molecule has 6 heteroatoms. The zero-order chi connectivity index (χ0) is 12.2. The Kier molecular flexibility index (Phi) is 5.50. The van der Waals surface area contributed by atoms with E-state index in [0.29, 0.717) is 12.3 Å². The van der Waals surface area contributed by atoms with Gasteiger partial charge in [-0.1, -0.05) is 0 Å². The van der Waals surface area contributed by atoms with Crippen molar-refractivity contribution in [3.8, 4) is 0 Å². The number of rotatable bonds is 5. The summed E-state index contributed by atoms with van der Waals surface area (Å²) in [5, 5.41) is 0. The van der Waals surface area contributed by atoms with Gasteiger partial charge in [-0.2, -0.15) is 0 Å². The molecule has 4 nitrogen and oxygen atoms in total. The first-order chi connectivity index (χ1) is 7.47. The van der Waals surface area contributed by atoms with E-state index in [9.17, 15) is 8.42 Å². The minimum Gasteiger partial charge on any atom is -0.306 e. The predicted octanol–water partition coefficient (Wildman–Crippen LogP) is 0.971. The normalized spacial score (nSPS) is 20.5. The summed E-state index contributed by atoms with van der Waals surface area (Å²) in [5.74, 6) is 0.569. The number of piperidine rings is 1. The van der Waals surface area contributed by atoms with Crippen molar-refractivity contribution in [2.75, 3.05) is 38.8 Å². The molecular weight excluding hydrogens is 248 g/mol. The Labute approximate surface area is 104 Å². The van der Waals surface area contributed by atoms with E-state index in [1.807, 2.05) is 0 Å². The summed E-state index contributed by atoms with van der Waals surface area (Å²) in [4.78, 5) is 2.23. The fourth-order valence-corrected chi connectivity index (χ4v) is 3.72. The highest BCUT2D eigenvalue weighted by Crippen LogP contribution is 2.17. The summed E-state index contributed by atoms with van der Waals surface area (Å²) >= 11 is 5.53. The molecule has 0 amide bonds. The molecule has 0 spiro atoms. The number of likely N-dealkylation sites (tertiary alicyclic amines) is 1. The van der Waals surface area contributed by atoms with Crippen molar-refractivity contribution < 1.29 is 8.42 Å². The maximum absolute atomic E-state index is 11.9. The van der Waals surface area contributed by atoms with E-state index in [1.165, 1.54) is 0 Å². The van der Waals surface area contributed by atoms with Gasteiger partial charge in [0.1, 0.15) is 0 Å².